The predicted molar refractivity (Wildman–Crippen MR) is 74.4 cm³/mol. The van der Waals surface area contributed by atoms with Crippen molar-refractivity contribution in [2.75, 3.05) is 17.6 Å². The molecule has 1 aromatic heterocycles. The topological polar surface area (TPSA) is 68.8 Å². The van der Waals surface area contributed by atoms with Gasteiger partial charge >= 0.3 is 0 Å². The van der Waals surface area contributed by atoms with Crippen molar-refractivity contribution in [2.45, 2.75) is 27.3 Å². The van der Waals surface area contributed by atoms with Gasteiger partial charge in [0.1, 0.15) is 0 Å². The van der Waals surface area contributed by atoms with Gasteiger partial charge < -0.3 is 11.1 Å². The molecule has 5 heteroatoms. The third-order valence-electron chi connectivity index (χ3n) is 2.94. The van der Waals surface area contributed by atoms with Crippen molar-refractivity contribution in [1.82, 2.24) is 14.8 Å². The molecule has 0 saturated carbocycles. The van der Waals surface area contributed by atoms with Crippen molar-refractivity contribution in [3.05, 3.63) is 23.8 Å². The number of hydrogen-bond donors (Lipinski definition) is 2. The van der Waals surface area contributed by atoms with Crippen LogP contribution in [0.3, 0.4) is 0 Å². The Morgan fingerprint density at radius 3 is 2.67 bits per heavy atom. The molecule has 2 aromatic rings. The van der Waals surface area contributed by atoms with Crippen LogP contribution in [-0.2, 0) is 6.54 Å². The van der Waals surface area contributed by atoms with E-state index in [0.717, 1.165) is 41.7 Å². The summed E-state index contributed by atoms with van der Waals surface area (Å²) in [7, 11) is 0. The highest BCUT2D eigenvalue weighted by Gasteiger charge is 2.12. The molecule has 0 aliphatic heterocycles. The monoisotopic (exact) mass is 245 g/mol. The van der Waals surface area contributed by atoms with Crippen LogP contribution in [0.5, 0.6) is 0 Å². The first kappa shape index (κ1) is 12.4. The molecular formula is C13H19N5. The van der Waals surface area contributed by atoms with Gasteiger partial charge in [-0.25, -0.2) is 0 Å². The third-order valence-corrected chi connectivity index (χ3v) is 2.94. The number of nitrogens with zero attached hydrogens (tertiary/aromatic N) is 3. The van der Waals surface area contributed by atoms with Gasteiger partial charge in [0.2, 0.25) is 5.95 Å². The molecule has 0 spiro atoms. The number of rotatable bonds is 4. The van der Waals surface area contributed by atoms with Crippen LogP contribution in [0.25, 0.3) is 11.4 Å². The molecule has 1 heterocycles. The Morgan fingerprint density at radius 1 is 1.28 bits per heavy atom. The van der Waals surface area contributed by atoms with E-state index in [1.54, 1.807) is 0 Å². The van der Waals surface area contributed by atoms with Crippen molar-refractivity contribution < 1.29 is 0 Å². The Hall–Kier alpha value is -2.04. The fourth-order valence-electron chi connectivity index (χ4n) is 1.88. The molecule has 18 heavy (non-hydrogen) atoms. The fourth-order valence-corrected chi connectivity index (χ4v) is 1.88. The van der Waals surface area contributed by atoms with Gasteiger partial charge in [-0.05, 0) is 32.4 Å². The normalized spacial score (nSPS) is 10.6. The first-order chi connectivity index (χ1) is 8.67. The summed E-state index contributed by atoms with van der Waals surface area (Å²) >= 11 is 0. The predicted octanol–water partition coefficient (Wildman–Crippen LogP) is 2.29. The van der Waals surface area contributed by atoms with E-state index in [4.69, 9.17) is 5.73 Å². The van der Waals surface area contributed by atoms with Crippen molar-refractivity contribution in [1.29, 1.82) is 0 Å². The Balaban J connectivity index is 2.46. The summed E-state index contributed by atoms with van der Waals surface area (Å²) in [6.45, 7) is 7.75. The van der Waals surface area contributed by atoms with Gasteiger partial charge in [0.25, 0.3) is 0 Å². The molecule has 3 N–H and O–H groups in total. The van der Waals surface area contributed by atoms with E-state index in [9.17, 15) is 0 Å². The molecule has 96 valence electrons. The summed E-state index contributed by atoms with van der Waals surface area (Å²) < 4.78 is 2.05. The largest absolute Gasteiger partial charge is 0.398 e. The Bertz CT molecular complexity index is 544. The highest BCUT2D eigenvalue weighted by atomic mass is 15.3. The second-order valence-electron chi connectivity index (χ2n) is 4.19. The fraction of sp³-hybridized carbons (Fsp3) is 0.385. The van der Waals surface area contributed by atoms with Crippen molar-refractivity contribution >= 4 is 11.6 Å². The van der Waals surface area contributed by atoms with E-state index in [1.807, 2.05) is 36.6 Å². The molecule has 0 atom stereocenters. The van der Waals surface area contributed by atoms with Crippen molar-refractivity contribution in [3.8, 4) is 11.4 Å². The minimum absolute atomic E-state index is 0.781. The van der Waals surface area contributed by atoms with E-state index in [0.29, 0.717) is 0 Å². The lowest BCUT2D eigenvalue weighted by Gasteiger charge is -2.09. The van der Waals surface area contributed by atoms with Crippen molar-refractivity contribution in [2.24, 2.45) is 0 Å². The first-order valence-corrected chi connectivity index (χ1v) is 6.21. The molecule has 0 fully saturated rings. The minimum atomic E-state index is 0.781. The lowest BCUT2D eigenvalue weighted by Crippen LogP contribution is -2.07. The summed E-state index contributed by atoms with van der Waals surface area (Å²) in [5.74, 6) is 1.65. The average Bonchev–Trinajstić information content (AvgIpc) is 2.76. The van der Waals surface area contributed by atoms with Crippen LogP contribution in [0, 0.1) is 6.92 Å². The summed E-state index contributed by atoms with van der Waals surface area (Å²) in [5.41, 5.74) is 8.80. The lowest BCUT2D eigenvalue weighted by molar-refractivity contribution is 0.770. The summed E-state index contributed by atoms with van der Waals surface area (Å²) in [4.78, 5) is 0. The van der Waals surface area contributed by atoms with Crippen LogP contribution in [0.15, 0.2) is 18.2 Å². The van der Waals surface area contributed by atoms with Crippen LogP contribution < -0.4 is 11.1 Å². The number of anilines is 2. The van der Waals surface area contributed by atoms with E-state index in [2.05, 4.69) is 22.4 Å². The molecule has 0 aliphatic carbocycles. The Morgan fingerprint density at radius 2 is 2.06 bits per heavy atom. The summed E-state index contributed by atoms with van der Waals surface area (Å²) in [6.07, 6.45) is 0. The van der Waals surface area contributed by atoms with Crippen LogP contribution in [0.1, 0.15) is 19.4 Å². The zero-order valence-corrected chi connectivity index (χ0v) is 11.1. The summed E-state index contributed by atoms with van der Waals surface area (Å²) in [6, 6.07) is 5.98. The quantitative estimate of drug-likeness (QED) is 0.811. The zero-order chi connectivity index (χ0) is 13.1. The van der Waals surface area contributed by atoms with E-state index >= 15 is 0 Å². The van der Waals surface area contributed by atoms with Crippen molar-refractivity contribution in [3.63, 3.8) is 0 Å². The van der Waals surface area contributed by atoms with Gasteiger partial charge in [-0.1, -0.05) is 12.1 Å². The number of benzene rings is 1. The zero-order valence-electron chi connectivity index (χ0n) is 11.1. The molecule has 5 nitrogen and oxygen atoms in total. The highest BCUT2D eigenvalue weighted by Crippen LogP contribution is 2.24. The molecule has 0 aliphatic rings. The molecule has 0 amide bonds. The maximum absolute atomic E-state index is 5.94. The van der Waals surface area contributed by atoms with E-state index < -0.39 is 0 Å². The molecule has 0 unspecified atom stereocenters. The molecular weight excluding hydrogens is 226 g/mol. The van der Waals surface area contributed by atoms with Crippen LogP contribution >= 0.6 is 0 Å². The summed E-state index contributed by atoms with van der Waals surface area (Å²) in [5, 5.41) is 11.6. The number of nitrogens with one attached hydrogen (secondary N) is 1. The van der Waals surface area contributed by atoms with Crippen LogP contribution in [0.4, 0.5) is 11.6 Å². The first-order valence-electron chi connectivity index (χ1n) is 6.21. The molecule has 0 radical (unpaired) electrons. The number of nitrogens with two attached hydrogens (primary N) is 1. The van der Waals surface area contributed by atoms with Crippen LogP contribution in [-0.4, -0.2) is 21.3 Å². The smallest absolute Gasteiger partial charge is 0.224 e. The molecule has 1 aromatic carbocycles. The second-order valence-corrected chi connectivity index (χ2v) is 4.19. The Kier molecular flexibility index (Phi) is 3.50. The Labute approximate surface area is 107 Å². The highest BCUT2D eigenvalue weighted by molar-refractivity contribution is 5.64. The minimum Gasteiger partial charge on any atom is -0.398 e. The lowest BCUT2D eigenvalue weighted by atomic mass is 10.1. The number of hydrogen-bond acceptors (Lipinski definition) is 4. The van der Waals surface area contributed by atoms with Gasteiger partial charge in [0.05, 0.1) is 0 Å². The van der Waals surface area contributed by atoms with Gasteiger partial charge in [0, 0.05) is 24.3 Å². The van der Waals surface area contributed by atoms with Crippen LogP contribution in [0.2, 0.25) is 0 Å². The SMILES string of the molecule is CCNc1nnc(-c2ccc(C)c(N)c2)n1CC. The van der Waals surface area contributed by atoms with Gasteiger partial charge in [-0.2, -0.15) is 0 Å². The second kappa shape index (κ2) is 5.08. The number of aryl methyl sites for hydroxylation is 1. The molecule has 0 bridgehead atoms. The maximum atomic E-state index is 5.94. The number of aromatic nitrogens is 3. The van der Waals surface area contributed by atoms with Gasteiger partial charge in [0.15, 0.2) is 5.82 Å². The third kappa shape index (κ3) is 2.16. The maximum Gasteiger partial charge on any atom is 0.224 e. The molecule has 0 saturated heterocycles. The standard InChI is InChI=1S/C13H19N5/c1-4-15-13-17-16-12(18(13)5-2)10-7-6-9(3)11(14)8-10/h6-8H,4-5,14H2,1-3H3,(H,15,17). The average molecular weight is 245 g/mol. The van der Waals surface area contributed by atoms with Gasteiger partial charge in [-0.15, -0.1) is 10.2 Å². The van der Waals surface area contributed by atoms with Gasteiger partial charge in [-0.3, -0.25) is 4.57 Å². The number of nitrogen functional groups attached to an aromatic ring is 1. The van der Waals surface area contributed by atoms with E-state index in [1.165, 1.54) is 0 Å². The van der Waals surface area contributed by atoms with E-state index in [-0.39, 0.29) is 0 Å². The molecule has 2 rings (SSSR count).